The van der Waals surface area contributed by atoms with E-state index in [1.54, 1.807) is 0 Å². The lowest BCUT2D eigenvalue weighted by Crippen LogP contribution is -2.42. The van der Waals surface area contributed by atoms with Gasteiger partial charge in [0, 0.05) is 6.42 Å². The van der Waals surface area contributed by atoms with Crippen LogP contribution in [0.25, 0.3) is 0 Å². The second-order valence-electron chi connectivity index (χ2n) is 4.36. The Bertz CT molecular complexity index is 592. The summed E-state index contributed by atoms with van der Waals surface area (Å²) < 4.78 is 28.5. The number of sulfonamides is 1. The monoisotopic (exact) mass is 320 g/mol. The minimum atomic E-state index is -4.01. The van der Waals surface area contributed by atoms with E-state index in [9.17, 15) is 18.0 Å². The van der Waals surface area contributed by atoms with Gasteiger partial charge >= 0.3 is 5.97 Å². The van der Waals surface area contributed by atoms with Gasteiger partial charge in [0.2, 0.25) is 5.91 Å². The van der Waals surface area contributed by atoms with E-state index >= 15 is 0 Å². The molecule has 1 heterocycles. The lowest BCUT2D eigenvalue weighted by Gasteiger charge is -2.09. The molecule has 0 aliphatic rings. The smallest absolute Gasteiger partial charge is 0.349 e. The zero-order valence-corrected chi connectivity index (χ0v) is 12.9. The van der Waals surface area contributed by atoms with E-state index in [4.69, 9.17) is 0 Å². The molecule has 0 radical (unpaired) electrons. The van der Waals surface area contributed by atoms with E-state index in [1.165, 1.54) is 11.4 Å². The van der Waals surface area contributed by atoms with E-state index < -0.39 is 21.9 Å². The Hall–Kier alpha value is -1.45. The summed E-state index contributed by atoms with van der Waals surface area (Å²) in [4.78, 5) is 24.5. The number of rotatable bonds is 6. The van der Waals surface area contributed by atoms with Crippen LogP contribution in [-0.4, -0.2) is 27.4 Å². The van der Waals surface area contributed by atoms with E-state index in [0.29, 0.717) is 0 Å². The largest absolute Gasteiger partial charge is 0.465 e. The molecule has 2 N–H and O–H groups in total. The van der Waals surface area contributed by atoms with Crippen molar-refractivity contribution in [2.45, 2.75) is 25.2 Å². The molecule has 0 saturated heterocycles. The number of hydrazine groups is 1. The molecular formula is C11H16N2O5S2. The van der Waals surface area contributed by atoms with Crippen LogP contribution in [0.3, 0.4) is 0 Å². The fraction of sp³-hybridized carbons (Fsp3) is 0.455. The van der Waals surface area contributed by atoms with Crippen molar-refractivity contribution in [3.05, 3.63) is 16.3 Å². The second-order valence-corrected chi connectivity index (χ2v) is 6.92. The number of methoxy groups -OCH3 is 1. The number of carbonyl (C=O) groups excluding carboxylic acids is 2. The number of ether oxygens (including phenoxy) is 1. The van der Waals surface area contributed by atoms with Gasteiger partial charge in [-0.3, -0.25) is 10.2 Å². The van der Waals surface area contributed by atoms with Gasteiger partial charge in [-0.1, -0.05) is 13.8 Å². The normalized spacial score (nSPS) is 11.4. The predicted octanol–water partition coefficient (Wildman–Crippen LogP) is 0.890. The minimum absolute atomic E-state index is 0.0434. The summed E-state index contributed by atoms with van der Waals surface area (Å²) in [6.07, 6.45) is 0.190. The van der Waals surface area contributed by atoms with E-state index in [0.717, 1.165) is 18.4 Å². The summed E-state index contributed by atoms with van der Waals surface area (Å²) >= 11 is 0.948. The third-order valence-corrected chi connectivity index (χ3v) is 4.52. The maximum absolute atomic E-state index is 12.0. The van der Waals surface area contributed by atoms with Gasteiger partial charge in [-0.15, -0.1) is 16.2 Å². The van der Waals surface area contributed by atoms with Crippen molar-refractivity contribution in [1.82, 2.24) is 10.3 Å². The molecule has 9 heteroatoms. The first-order chi connectivity index (χ1) is 9.27. The standard InChI is InChI=1S/C11H16N2O5S2/c1-7(2)6-9(14)12-13-20(16,17)8-4-5-19-10(8)11(15)18-3/h4-5,7,13H,6H2,1-3H3,(H,12,14). The van der Waals surface area contributed by atoms with Crippen molar-refractivity contribution in [1.29, 1.82) is 0 Å². The highest BCUT2D eigenvalue weighted by Gasteiger charge is 2.25. The van der Waals surface area contributed by atoms with Crippen LogP contribution in [0.2, 0.25) is 0 Å². The Balaban J connectivity index is 2.82. The molecule has 7 nitrogen and oxygen atoms in total. The lowest BCUT2D eigenvalue weighted by atomic mass is 10.1. The van der Waals surface area contributed by atoms with Gasteiger partial charge in [-0.2, -0.15) is 0 Å². The number of nitrogens with one attached hydrogen (secondary N) is 2. The number of esters is 1. The highest BCUT2D eigenvalue weighted by atomic mass is 32.2. The number of hydrogen-bond donors (Lipinski definition) is 2. The van der Waals surface area contributed by atoms with Crippen LogP contribution in [0.15, 0.2) is 16.3 Å². The van der Waals surface area contributed by atoms with Gasteiger partial charge in [0.1, 0.15) is 9.77 Å². The molecule has 0 spiro atoms. The molecule has 1 rings (SSSR count). The summed E-state index contributed by atoms with van der Waals surface area (Å²) in [6, 6.07) is 1.27. The van der Waals surface area contributed by atoms with Gasteiger partial charge in [0.15, 0.2) is 0 Å². The molecule has 0 aliphatic carbocycles. The summed E-state index contributed by atoms with van der Waals surface area (Å²) in [5, 5.41) is 1.46. The first-order valence-corrected chi connectivity index (χ1v) is 8.10. The third kappa shape index (κ3) is 4.29. The summed E-state index contributed by atoms with van der Waals surface area (Å²) in [5.41, 5.74) is 2.10. The average molecular weight is 320 g/mol. The third-order valence-electron chi connectivity index (χ3n) is 2.21. The molecule has 0 unspecified atom stereocenters. The first-order valence-electron chi connectivity index (χ1n) is 5.74. The SMILES string of the molecule is COC(=O)c1sccc1S(=O)(=O)NNC(=O)CC(C)C. The zero-order valence-electron chi connectivity index (χ0n) is 11.3. The van der Waals surface area contributed by atoms with Crippen LogP contribution >= 0.6 is 11.3 Å². The summed E-state index contributed by atoms with van der Waals surface area (Å²) in [7, 11) is -2.84. The van der Waals surface area contributed by atoms with E-state index in [-0.39, 0.29) is 22.1 Å². The number of hydrogen-bond acceptors (Lipinski definition) is 6. The van der Waals surface area contributed by atoms with Crippen molar-refractivity contribution in [2.75, 3.05) is 7.11 Å². The van der Waals surface area contributed by atoms with Gasteiger partial charge in [-0.25, -0.2) is 13.2 Å². The predicted molar refractivity (Wildman–Crippen MR) is 73.6 cm³/mol. The van der Waals surface area contributed by atoms with E-state index in [2.05, 4.69) is 10.2 Å². The van der Waals surface area contributed by atoms with Gasteiger partial charge in [0.05, 0.1) is 7.11 Å². The Morgan fingerprint density at radius 3 is 2.60 bits per heavy atom. The number of carbonyl (C=O) groups is 2. The van der Waals surface area contributed by atoms with Crippen LogP contribution in [0.1, 0.15) is 29.9 Å². The minimum Gasteiger partial charge on any atom is -0.465 e. The van der Waals surface area contributed by atoms with Crippen molar-refractivity contribution in [2.24, 2.45) is 5.92 Å². The first kappa shape index (κ1) is 16.6. The topological polar surface area (TPSA) is 102 Å². The Morgan fingerprint density at radius 2 is 2.05 bits per heavy atom. The molecular weight excluding hydrogens is 304 g/mol. The quantitative estimate of drug-likeness (QED) is 0.599. The molecule has 1 amide bonds. The highest BCUT2D eigenvalue weighted by Crippen LogP contribution is 2.22. The summed E-state index contributed by atoms with van der Waals surface area (Å²) in [6.45, 7) is 3.67. The van der Waals surface area contributed by atoms with Gasteiger partial charge in [-0.05, 0) is 17.4 Å². The number of thiophene rings is 1. The van der Waals surface area contributed by atoms with Gasteiger partial charge in [0.25, 0.3) is 10.0 Å². The molecule has 0 atom stereocenters. The highest BCUT2D eigenvalue weighted by molar-refractivity contribution is 7.89. The Kier molecular flexibility index (Phi) is 5.66. The van der Waals surface area contributed by atoms with Crippen LogP contribution in [-0.2, 0) is 19.6 Å². The molecule has 0 aliphatic heterocycles. The molecule has 1 aromatic heterocycles. The van der Waals surface area contributed by atoms with Crippen molar-refractivity contribution < 1.29 is 22.7 Å². The maximum Gasteiger partial charge on any atom is 0.349 e. The molecule has 0 bridgehead atoms. The fourth-order valence-corrected chi connectivity index (χ4v) is 3.55. The van der Waals surface area contributed by atoms with Crippen molar-refractivity contribution in [3.63, 3.8) is 0 Å². The molecule has 112 valence electrons. The molecule has 0 aromatic carbocycles. The lowest BCUT2D eigenvalue weighted by molar-refractivity contribution is -0.122. The molecule has 0 fully saturated rings. The Labute approximate surface area is 121 Å². The van der Waals surface area contributed by atoms with Crippen molar-refractivity contribution in [3.8, 4) is 0 Å². The number of amides is 1. The Morgan fingerprint density at radius 1 is 1.40 bits per heavy atom. The van der Waals surface area contributed by atoms with E-state index in [1.807, 2.05) is 18.7 Å². The van der Waals surface area contributed by atoms with Crippen LogP contribution in [0.4, 0.5) is 0 Å². The fourth-order valence-electron chi connectivity index (χ4n) is 1.35. The summed E-state index contributed by atoms with van der Waals surface area (Å²) in [5.74, 6) is -1.08. The maximum atomic E-state index is 12.0. The average Bonchev–Trinajstić information content (AvgIpc) is 2.84. The van der Waals surface area contributed by atoms with Crippen molar-refractivity contribution >= 4 is 33.2 Å². The van der Waals surface area contributed by atoms with Crippen LogP contribution < -0.4 is 10.3 Å². The van der Waals surface area contributed by atoms with Crippen LogP contribution in [0, 0.1) is 5.92 Å². The van der Waals surface area contributed by atoms with Gasteiger partial charge < -0.3 is 4.74 Å². The molecule has 1 aromatic rings. The molecule has 0 saturated carbocycles. The zero-order chi connectivity index (χ0) is 15.3. The van der Waals surface area contributed by atoms with Crippen LogP contribution in [0.5, 0.6) is 0 Å². The second kappa shape index (κ2) is 6.82. The molecule has 20 heavy (non-hydrogen) atoms.